The maximum Gasteiger partial charge on any atom is 0.262 e. The van der Waals surface area contributed by atoms with E-state index in [2.05, 4.69) is 31.4 Å². The molecule has 3 aromatic rings. The Hall–Kier alpha value is -3.32. The molecule has 1 atom stereocenters. The van der Waals surface area contributed by atoms with E-state index >= 15 is 0 Å². The van der Waals surface area contributed by atoms with E-state index in [1.165, 1.54) is 16.2 Å². The van der Waals surface area contributed by atoms with Crippen LogP contribution in [0.3, 0.4) is 0 Å². The molecule has 0 saturated carbocycles. The van der Waals surface area contributed by atoms with Crippen molar-refractivity contribution >= 4 is 33.8 Å². The number of rotatable bonds is 7. The standard InChI is InChI=1S/C28H32N2O4S/c1-28(2,3)18-10-15-22-23(16-18)35-27(30-24(31)17-34-21-8-6-5-7-9-21)25(22)26(32)29-19-11-13-20(33-4)14-12-19/h5-9,11-14,18H,10,15-17H2,1-4H3,(H,29,32)(H,30,31)/t18-/m1/s1. The number of carbonyl (C=O) groups is 2. The van der Waals surface area contributed by atoms with Crippen LogP contribution in [0.25, 0.3) is 0 Å². The lowest BCUT2D eigenvalue weighted by Gasteiger charge is -2.33. The Kier molecular flexibility index (Phi) is 7.45. The molecule has 1 aliphatic carbocycles. The van der Waals surface area contributed by atoms with Gasteiger partial charge in [-0.3, -0.25) is 9.59 Å². The summed E-state index contributed by atoms with van der Waals surface area (Å²) in [5.74, 6) is 1.35. The fraction of sp³-hybridized carbons (Fsp3) is 0.357. The van der Waals surface area contributed by atoms with Crippen molar-refractivity contribution in [3.8, 4) is 11.5 Å². The Balaban J connectivity index is 1.57. The van der Waals surface area contributed by atoms with Gasteiger partial charge >= 0.3 is 0 Å². The highest BCUT2D eigenvalue weighted by molar-refractivity contribution is 7.17. The molecule has 7 heteroatoms. The fourth-order valence-electron chi connectivity index (χ4n) is 4.35. The fourth-order valence-corrected chi connectivity index (χ4v) is 5.69. The molecule has 0 unspecified atom stereocenters. The van der Waals surface area contributed by atoms with Crippen LogP contribution in [0.2, 0.25) is 0 Å². The molecular formula is C28H32N2O4S. The van der Waals surface area contributed by atoms with Gasteiger partial charge in [0.1, 0.15) is 16.5 Å². The third kappa shape index (κ3) is 6.03. The topological polar surface area (TPSA) is 76.7 Å². The van der Waals surface area contributed by atoms with Crippen molar-refractivity contribution in [3.05, 3.63) is 70.6 Å². The van der Waals surface area contributed by atoms with Gasteiger partial charge in [0.05, 0.1) is 12.7 Å². The highest BCUT2D eigenvalue weighted by atomic mass is 32.1. The van der Waals surface area contributed by atoms with Gasteiger partial charge in [0.2, 0.25) is 0 Å². The summed E-state index contributed by atoms with van der Waals surface area (Å²) in [5, 5.41) is 6.52. The number of benzene rings is 2. The maximum absolute atomic E-state index is 13.4. The Morgan fingerprint density at radius 3 is 2.37 bits per heavy atom. The number of thiophene rings is 1. The van der Waals surface area contributed by atoms with Crippen LogP contribution in [0, 0.1) is 11.3 Å². The molecule has 0 fully saturated rings. The molecule has 184 valence electrons. The number of para-hydroxylation sites is 1. The highest BCUT2D eigenvalue weighted by Gasteiger charge is 2.34. The molecule has 0 bridgehead atoms. The van der Waals surface area contributed by atoms with Crippen molar-refractivity contribution in [2.24, 2.45) is 11.3 Å². The SMILES string of the molecule is COc1ccc(NC(=O)c2c(NC(=O)COc3ccccc3)sc3c2CC[C@@H](C(C)(C)C)C3)cc1. The summed E-state index contributed by atoms with van der Waals surface area (Å²) in [7, 11) is 1.60. The Bertz CT molecular complexity index is 1180. The molecule has 2 amide bonds. The number of fused-ring (bicyclic) bond motifs is 1. The van der Waals surface area contributed by atoms with Crippen LogP contribution in [-0.4, -0.2) is 25.5 Å². The molecule has 0 saturated heterocycles. The van der Waals surface area contributed by atoms with Gasteiger partial charge in [-0.05, 0) is 72.6 Å². The average molecular weight is 493 g/mol. The van der Waals surface area contributed by atoms with E-state index in [0.29, 0.717) is 27.9 Å². The summed E-state index contributed by atoms with van der Waals surface area (Å²) >= 11 is 1.51. The van der Waals surface area contributed by atoms with Crippen LogP contribution in [0.4, 0.5) is 10.7 Å². The Morgan fingerprint density at radius 1 is 1.00 bits per heavy atom. The predicted octanol–water partition coefficient (Wildman–Crippen LogP) is 6.18. The smallest absolute Gasteiger partial charge is 0.262 e. The van der Waals surface area contributed by atoms with E-state index in [4.69, 9.17) is 9.47 Å². The zero-order valence-corrected chi connectivity index (χ0v) is 21.5. The summed E-state index contributed by atoms with van der Waals surface area (Å²) in [6, 6.07) is 16.4. The summed E-state index contributed by atoms with van der Waals surface area (Å²) in [6.45, 7) is 6.66. The molecule has 0 radical (unpaired) electrons. The molecular weight excluding hydrogens is 460 g/mol. The second-order valence-corrected chi connectivity index (χ2v) is 11.0. The van der Waals surface area contributed by atoms with Crippen LogP contribution in [0.15, 0.2) is 54.6 Å². The van der Waals surface area contributed by atoms with Gasteiger partial charge in [0, 0.05) is 10.6 Å². The lowest BCUT2D eigenvalue weighted by molar-refractivity contribution is -0.118. The van der Waals surface area contributed by atoms with Crippen molar-refractivity contribution in [2.75, 3.05) is 24.4 Å². The minimum absolute atomic E-state index is 0.128. The van der Waals surface area contributed by atoms with Crippen LogP contribution >= 0.6 is 11.3 Å². The van der Waals surface area contributed by atoms with Crippen LogP contribution < -0.4 is 20.1 Å². The Morgan fingerprint density at radius 2 is 1.71 bits per heavy atom. The van der Waals surface area contributed by atoms with E-state index in [1.807, 2.05) is 18.2 Å². The zero-order valence-electron chi connectivity index (χ0n) is 20.6. The first-order chi connectivity index (χ1) is 16.7. The number of methoxy groups -OCH3 is 1. The number of hydrogen-bond acceptors (Lipinski definition) is 5. The molecule has 1 heterocycles. The van der Waals surface area contributed by atoms with E-state index in [1.54, 1.807) is 43.5 Å². The van der Waals surface area contributed by atoms with Crippen LogP contribution in [0.1, 0.15) is 48.0 Å². The van der Waals surface area contributed by atoms with Crippen LogP contribution in [-0.2, 0) is 17.6 Å². The van der Waals surface area contributed by atoms with Gasteiger partial charge in [-0.25, -0.2) is 0 Å². The summed E-state index contributed by atoms with van der Waals surface area (Å²) in [6.07, 6.45) is 2.73. The largest absolute Gasteiger partial charge is 0.497 e. The first-order valence-electron chi connectivity index (χ1n) is 11.8. The van der Waals surface area contributed by atoms with E-state index in [-0.39, 0.29) is 23.8 Å². The summed E-state index contributed by atoms with van der Waals surface area (Å²) in [4.78, 5) is 27.4. The van der Waals surface area contributed by atoms with Gasteiger partial charge in [0.15, 0.2) is 6.61 Å². The van der Waals surface area contributed by atoms with Crippen molar-refractivity contribution in [1.82, 2.24) is 0 Å². The second kappa shape index (κ2) is 10.5. The van der Waals surface area contributed by atoms with Gasteiger partial charge in [-0.2, -0.15) is 0 Å². The third-order valence-electron chi connectivity index (χ3n) is 6.43. The normalized spacial score (nSPS) is 15.1. The molecule has 0 aliphatic heterocycles. The summed E-state index contributed by atoms with van der Waals surface area (Å²) in [5.41, 5.74) is 2.45. The van der Waals surface area contributed by atoms with Gasteiger partial charge in [0.25, 0.3) is 11.8 Å². The molecule has 2 aromatic carbocycles. The van der Waals surface area contributed by atoms with E-state index < -0.39 is 0 Å². The van der Waals surface area contributed by atoms with E-state index in [0.717, 1.165) is 30.6 Å². The predicted molar refractivity (Wildman–Crippen MR) is 141 cm³/mol. The zero-order chi connectivity index (χ0) is 25.0. The summed E-state index contributed by atoms with van der Waals surface area (Å²) < 4.78 is 10.8. The first kappa shape index (κ1) is 24.8. The number of ether oxygens (including phenoxy) is 2. The molecule has 35 heavy (non-hydrogen) atoms. The van der Waals surface area contributed by atoms with Gasteiger partial charge in [-0.15, -0.1) is 11.3 Å². The molecule has 4 rings (SSSR count). The van der Waals surface area contributed by atoms with E-state index in [9.17, 15) is 9.59 Å². The number of anilines is 2. The molecule has 2 N–H and O–H groups in total. The van der Waals surface area contributed by atoms with Crippen molar-refractivity contribution in [3.63, 3.8) is 0 Å². The monoisotopic (exact) mass is 492 g/mol. The lowest BCUT2D eigenvalue weighted by atomic mass is 9.72. The highest BCUT2D eigenvalue weighted by Crippen LogP contribution is 2.44. The molecule has 6 nitrogen and oxygen atoms in total. The van der Waals surface area contributed by atoms with Gasteiger partial charge in [-0.1, -0.05) is 39.0 Å². The third-order valence-corrected chi connectivity index (χ3v) is 7.60. The number of carbonyl (C=O) groups excluding carboxylic acids is 2. The number of hydrogen-bond donors (Lipinski definition) is 2. The van der Waals surface area contributed by atoms with Gasteiger partial charge < -0.3 is 20.1 Å². The average Bonchev–Trinajstić information content (AvgIpc) is 3.20. The first-order valence-corrected chi connectivity index (χ1v) is 12.6. The van der Waals surface area contributed by atoms with Crippen LogP contribution in [0.5, 0.6) is 11.5 Å². The number of nitrogens with one attached hydrogen (secondary N) is 2. The minimum atomic E-state index is -0.293. The molecule has 1 aromatic heterocycles. The number of amides is 2. The minimum Gasteiger partial charge on any atom is -0.497 e. The second-order valence-electron chi connectivity index (χ2n) is 9.85. The quantitative estimate of drug-likeness (QED) is 0.413. The van der Waals surface area contributed by atoms with Crippen molar-refractivity contribution in [2.45, 2.75) is 40.0 Å². The van der Waals surface area contributed by atoms with Crippen molar-refractivity contribution in [1.29, 1.82) is 0 Å². The lowest BCUT2D eigenvalue weighted by Crippen LogP contribution is -2.27. The Labute approximate surface area is 210 Å². The van der Waals surface area contributed by atoms with Crippen molar-refractivity contribution < 1.29 is 19.1 Å². The maximum atomic E-state index is 13.4. The molecule has 1 aliphatic rings. The molecule has 0 spiro atoms.